The Balaban J connectivity index is 2.06. The predicted molar refractivity (Wildman–Crippen MR) is 72.5 cm³/mol. The van der Waals surface area contributed by atoms with Gasteiger partial charge in [0, 0.05) is 6.20 Å². The van der Waals surface area contributed by atoms with Gasteiger partial charge >= 0.3 is 0 Å². The van der Waals surface area contributed by atoms with Gasteiger partial charge in [-0.15, -0.1) is 0 Å². The van der Waals surface area contributed by atoms with Crippen molar-refractivity contribution in [2.24, 2.45) is 0 Å². The van der Waals surface area contributed by atoms with Crippen LogP contribution in [0.3, 0.4) is 0 Å². The van der Waals surface area contributed by atoms with Crippen LogP contribution in [0.15, 0.2) is 47.2 Å². The highest BCUT2D eigenvalue weighted by Gasteiger charge is 2.22. The van der Waals surface area contributed by atoms with Crippen LogP contribution in [0.2, 0.25) is 0 Å². The molecule has 3 aromatic heterocycles. The predicted octanol–water partition coefficient (Wildman–Crippen LogP) is 2.46. The lowest BCUT2D eigenvalue weighted by atomic mass is 10.1. The van der Waals surface area contributed by atoms with Crippen LogP contribution in [0.4, 0.5) is 5.13 Å². The second-order valence-electron chi connectivity index (χ2n) is 3.90. The van der Waals surface area contributed by atoms with Gasteiger partial charge in [0.1, 0.15) is 11.8 Å². The normalized spacial score (nSPS) is 12.5. The average Bonchev–Trinajstić information content (AvgIpc) is 3.07. The highest BCUT2D eigenvalue weighted by Crippen LogP contribution is 2.36. The molecule has 0 radical (unpaired) electrons. The van der Waals surface area contributed by atoms with Gasteiger partial charge in [-0.05, 0) is 24.3 Å². The first kappa shape index (κ1) is 11.9. The summed E-state index contributed by atoms with van der Waals surface area (Å²) >= 11 is 1.23. The molecular formula is C13H11N3O2S. The molecular weight excluding hydrogens is 262 g/mol. The number of pyridine rings is 1. The van der Waals surface area contributed by atoms with Crippen LogP contribution < -0.4 is 5.73 Å². The second kappa shape index (κ2) is 4.83. The van der Waals surface area contributed by atoms with E-state index in [1.807, 2.05) is 6.07 Å². The molecule has 1 atom stereocenters. The van der Waals surface area contributed by atoms with E-state index in [4.69, 9.17) is 10.2 Å². The number of hydrogen-bond donors (Lipinski definition) is 2. The molecule has 1 unspecified atom stereocenters. The van der Waals surface area contributed by atoms with E-state index < -0.39 is 6.10 Å². The minimum Gasteiger partial charge on any atom is -0.463 e. The maximum Gasteiger partial charge on any atom is 0.181 e. The zero-order valence-corrected chi connectivity index (χ0v) is 10.7. The van der Waals surface area contributed by atoms with Crippen molar-refractivity contribution in [3.05, 3.63) is 53.4 Å². The molecule has 3 rings (SSSR count). The summed E-state index contributed by atoms with van der Waals surface area (Å²) in [5.41, 5.74) is 6.85. The molecule has 0 aliphatic heterocycles. The average molecular weight is 273 g/mol. The number of nitrogens with two attached hydrogens (primary N) is 1. The summed E-state index contributed by atoms with van der Waals surface area (Å²) in [5.74, 6) is 0.581. The third-order valence-corrected chi connectivity index (χ3v) is 3.58. The van der Waals surface area contributed by atoms with Crippen LogP contribution in [0.25, 0.3) is 11.5 Å². The Bertz CT molecular complexity index is 665. The van der Waals surface area contributed by atoms with Crippen LogP contribution >= 0.6 is 11.3 Å². The first-order valence-electron chi connectivity index (χ1n) is 5.65. The van der Waals surface area contributed by atoms with Crippen molar-refractivity contribution in [2.75, 3.05) is 5.73 Å². The number of aromatic nitrogens is 2. The number of hydrogen-bond acceptors (Lipinski definition) is 6. The summed E-state index contributed by atoms with van der Waals surface area (Å²) in [4.78, 5) is 8.99. The Kier molecular flexibility index (Phi) is 3.02. The third-order valence-electron chi connectivity index (χ3n) is 2.64. The Morgan fingerprint density at radius 3 is 2.84 bits per heavy atom. The molecule has 6 heteroatoms. The van der Waals surface area contributed by atoms with Gasteiger partial charge in [-0.25, -0.2) is 4.98 Å². The van der Waals surface area contributed by atoms with Crippen LogP contribution in [-0.2, 0) is 0 Å². The lowest BCUT2D eigenvalue weighted by Gasteiger charge is -2.08. The van der Waals surface area contributed by atoms with E-state index >= 15 is 0 Å². The van der Waals surface area contributed by atoms with E-state index in [-0.39, 0.29) is 0 Å². The summed E-state index contributed by atoms with van der Waals surface area (Å²) < 4.78 is 5.32. The number of aliphatic hydroxyl groups is 1. The van der Waals surface area contributed by atoms with E-state index in [1.54, 1.807) is 36.7 Å². The van der Waals surface area contributed by atoms with E-state index in [9.17, 15) is 5.11 Å². The molecule has 0 bridgehead atoms. The van der Waals surface area contributed by atoms with Gasteiger partial charge in [0.15, 0.2) is 10.9 Å². The summed E-state index contributed by atoms with van der Waals surface area (Å²) in [6.07, 6.45) is 2.33. The van der Waals surface area contributed by atoms with Crippen LogP contribution in [0.5, 0.6) is 0 Å². The number of aliphatic hydroxyl groups excluding tert-OH is 1. The number of rotatable bonds is 3. The molecule has 0 aromatic carbocycles. The highest BCUT2D eigenvalue weighted by molar-refractivity contribution is 7.15. The Morgan fingerprint density at radius 2 is 2.16 bits per heavy atom. The number of furan rings is 1. The van der Waals surface area contributed by atoms with E-state index in [2.05, 4.69) is 9.97 Å². The number of anilines is 1. The smallest absolute Gasteiger partial charge is 0.181 e. The van der Waals surface area contributed by atoms with Gasteiger partial charge in [-0.2, -0.15) is 0 Å². The SMILES string of the molecule is Nc1nc(-c2ccco2)c(C(O)c2ccccn2)s1. The van der Waals surface area contributed by atoms with E-state index in [1.165, 1.54) is 11.3 Å². The quantitative estimate of drug-likeness (QED) is 0.765. The molecule has 0 aliphatic rings. The van der Waals surface area contributed by atoms with Crippen molar-refractivity contribution in [3.63, 3.8) is 0 Å². The van der Waals surface area contributed by atoms with Gasteiger partial charge in [-0.3, -0.25) is 4.98 Å². The molecule has 96 valence electrons. The van der Waals surface area contributed by atoms with Crippen molar-refractivity contribution in [3.8, 4) is 11.5 Å². The lowest BCUT2D eigenvalue weighted by Crippen LogP contribution is -2.01. The first-order chi connectivity index (χ1) is 9.25. The van der Waals surface area contributed by atoms with Crippen molar-refractivity contribution >= 4 is 16.5 Å². The molecule has 0 aliphatic carbocycles. The fourth-order valence-electron chi connectivity index (χ4n) is 1.80. The molecule has 0 saturated heterocycles. The molecule has 19 heavy (non-hydrogen) atoms. The van der Waals surface area contributed by atoms with Crippen LogP contribution in [0.1, 0.15) is 16.7 Å². The maximum atomic E-state index is 10.4. The number of thiazole rings is 1. The van der Waals surface area contributed by atoms with Crippen molar-refractivity contribution in [1.82, 2.24) is 9.97 Å². The zero-order chi connectivity index (χ0) is 13.2. The monoisotopic (exact) mass is 273 g/mol. The Hall–Kier alpha value is -2.18. The zero-order valence-electron chi connectivity index (χ0n) is 9.85. The minimum atomic E-state index is -0.865. The molecule has 0 amide bonds. The Labute approximate surface area is 113 Å². The van der Waals surface area contributed by atoms with Crippen LogP contribution in [0, 0.1) is 0 Å². The summed E-state index contributed by atoms with van der Waals surface area (Å²) in [6, 6.07) is 8.92. The molecule has 3 aromatic rings. The standard InChI is InChI=1S/C13H11N3O2S/c14-13-16-10(9-5-3-7-18-9)12(19-13)11(17)8-4-1-2-6-15-8/h1-7,11,17H,(H2,14,16). The molecule has 3 N–H and O–H groups in total. The summed E-state index contributed by atoms with van der Waals surface area (Å²) in [6.45, 7) is 0. The topological polar surface area (TPSA) is 85.2 Å². The molecule has 0 spiro atoms. The van der Waals surface area contributed by atoms with Gasteiger partial charge in [0.25, 0.3) is 0 Å². The van der Waals surface area contributed by atoms with Crippen molar-refractivity contribution in [1.29, 1.82) is 0 Å². The molecule has 3 heterocycles. The van der Waals surface area contributed by atoms with Crippen molar-refractivity contribution < 1.29 is 9.52 Å². The van der Waals surface area contributed by atoms with Gasteiger partial charge in [0.2, 0.25) is 0 Å². The molecule has 0 fully saturated rings. The number of nitrogen functional groups attached to an aromatic ring is 1. The summed E-state index contributed by atoms with van der Waals surface area (Å²) in [5, 5.41) is 10.8. The van der Waals surface area contributed by atoms with Crippen molar-refractivity contribution in [2.45, 2.75) is 6.10 Å². The fourth-order valence-corrected chi connectivity index (χ4v) is 2.63. The van der Waals surface area contributed by atoms with E-state index in [0.717, 1.165) is 0 Å². The molecule has 5 nitrogen and oxygen atoms in total. The van der Waals surface area contributed by atoms with Gasteiger partial charge < -0.3 is 15.3 Å². The van der Waals surface area contributed by atoms with Gasteiger partial charge in [-0.1, -0.05) is 17.4 Å². The van der Waals surface area contributed by atoms with Crippen LogP contribution in [-0.4, -0.2) is 15.1 Å². The Morgan fingerprint density at radius 1 is 1.26 bits per heavy atom. The third kappa shape index (κ3) is 2.23. The largest absolute Gasteiger partial charge is 0.463 e. The fraction of sp³-hybridized carbons (Fsp3) is 0.0769. The lowest BCUT2D eigenvalue weighted by molar-refractivity contribution is 0.219. The first-order valence-corrected chi connectivity index (χ1v) is 6.46. The maximum absolute atomic E-state index is 10.4. The second-order valence-corrected chi connectivity index (χ2v) is 4.96. The molecule has 0 saturated carbocycles. The number of nitrogens with zero attached hydrogens (tertiary/aromatic N) is 2. The van der Waals surface area contributed by atoms with E-state index in [0.29, 0.717) is 27.2 Å². The summed E-state index contributed by atoms with van der Waals surface area (Å²) in [7, 11) is 0. The minimum absolute atomic E-state index is 0.386. The van der Waals surface area contributed by atoms with Gasteiger partial charge in [0.05, 0.1) is 16.8 Å². The highest BCUT2D eigenvalue weighted by atomic mass is 32.1.